The number of benzene rings is 2. The van der Waals surface area contributed by atoms with E-state index >= 15 is 0 Å². The van der Waals surface area contributed by atoms with Crippen molar-refractivity contribution >= 4 is 32.6 Å². The lowest BCUT2D eigenvalue weighted by atomic mass is 10.1. The number of rotatable bonds is 7. The number of hydrogen-bond donors (Lipinski definition) is 0. The van der Waals surface area contributed by atoms with Gasteiger partial charge in [-0.25, -0.2) is 4.98 Å². The van der Waals surface area contributed by atoms with Crippen LogP contribution < -0.4 is 4.90 Å². The zero-order chi connectivity index (χ0) is 21.0. The number of thiazole rings is 1. The van der Waals surface area contributed by atoms with E-state index in [2.05, 4.69) is 17.2 Å². The lowest BCUT2D eigenvalue weighted by Gasteiger charge is -2.18. The Morgan fingerprint density at radius 1 is 1.00 bits per heavy atom. The second-order valence-corrected chi connectivity index (χ2v) is 8.14. The first-order valence-electron chi connectivity index (χ1n) is 10.0. The van der Waals surface area contributed by atoms with Crippen LogP contribution in [0.15, 0.2) is 89.6 Å². The summed E-state index contributed by atoms with van der Waals surface area (Å²) in [5.41, 5.74) is 2.05. The number of furan rings is 1. The van der Waals surface area contributed by atoms with E-state index in [-0.39, 0.29) is 5.91 Å². The predicted molar refractivity (Wildman–Crippen MR) is 121 cm³/mol. The number of para-hydroxylation sites is 1. The molecule has 0 spiro atoms. The first-order valence-corrected chi connectivity index (χ1v) is 10.9. The number of nitrogens with zero attached hydrogens (tertiary/aromatic N) is 4. The predicted octanol–water partition coefficient (Wildman–Crippen LogP) is 5.02. The summed E-state index contributed by atoms with van der Waals surface area (Å²) in [6.45, 7) is 0.989. The van der Waals surface area contributed by atoms with Crippen LogP contribution in [0.4, 0.5) is 5.13 Å². The van der Waals surface area contributed by atoms with Gasteiger partial charge < -0.3 is 4.42 Å². The molecule has 0 aliphatic rings. The third-order valence-electron chi connectivity index (χ3n) is 4.98. The van der Waals surface area contributed by atoms with E-state index in [1.807, 2.05) is 60.8 Å². The average molecular weight is 429 g/mol. The fourth-order valence-corrected chi connectivity index (χ4v) is 4.40. The Kier molecular flexibility index (Phi) is 5.33. The molecule has 1 amide bonds. The molecule has 3 heterocycles. The second-order valence-electron chi connectivity index (χ2n) is 7.13. The average Bonchev–Trinajstić information content (AvgIpc) is 3.56. The van der Waals surface area contributed by atoms with Gasteiger partial charge >= 0.3 is 0 Å². The Labute approximate surface area is 183 Å². The third kappa shape index (κ3) is 4.27. The number of aromatic nitrogens is 3. The van der Waals surface area contributed by atoms with Crippen molar-refractivity contribution in [1.82, 2.24) is 14.8 Å². The Bertz CT molecular complexity index is 1260. The van der Waals surface area contributed by atoms with Crippen LogP contribution in [-0.4, -0.2) is 27.2 Å². The van der Waals surface area contributed by atoms with E-state index in [9.17, 15) is 4.79 Å². The smallest absolute Gasteiger partial charge is 0.295 e. The van der Waals surface area contributed by atoms with Gasteiger partial charge in [-0.3, -0.25) is 14.4 Å². The van der Waals surface area contributed by atoms with E-state index in [0.29, 0.717) is 29.7 Å². The zero-order valence-electron chi connectivity index (χ0n) is 16.7. The molecule has 5 aromatic rings. The van der Waals surface area contributed by atoms with Gasteiger partial charge in [0.05, 0.1) is 16.8 Å². The van der Waals surface area contributed by atoms with Crippen LogP contribution in [0.25, 0.3) is 10.2 Å². The second kappa shape index (κ2) is 8.57. The maximum absolute atomic E-state index is 13.4. The Hall–Kier alpha value is -3.71. The van der Waals surface area contributed by atoms with Crippen LogP contribution in [-0.2, 0) is 13.0 Å². The summed E-state index contributed by atoms with van der Waals surface area (Å²) in [6.07, 6.45) is 4.30. The maximum Gasteiger partial charge on any atom is 0.295 e. The molecule has 0 saturated heterocycles. The van der Waals surface area contributed by atoms with Gasteiger partial charge in [-0.1, -0.05) is 53.8 Å². The van der Waals surface area contributed by atoms with Crippen molar-refractivity contribution in [1.29, 1.82) is 0 Å². The summed E-state index contributed by atoms with van der Waals surface area (Å²) in [5.74, 6) is 0.788. The van der Waals surface area contributed by atoms with Crippen LogP contribution in [0.2, 0.25) is 0 Å². The number of fused-ring (bicyclic) bond motifs is 1. The molecule has 2 aromatic carbocycles. The van der Waals surface area contributed by atoms with Gasteiger partial charge in [-0.05, 0) is 42.3 Å². The first kappa shape index (κ1) is 19.3. The summed E-state index contributed by atoms with van der Waals surface area (Å²) in [4.78, 5) is 19.9. The quantitative estimate of drug-likeness (QED) is 0.365. The van der Waals surface area contributed by atoms with Crippen LogP contribution in [0.5, 0.6) is 0 Å². The van der Waals surface area contributed by atoms with Gasteiger partial charge in [0.2, 0.25) is 0 Å². The molecule has 0 unspecified atom stereocenters. The first-order chi connectivity index (χ1) is 15.3. The fraction of sp³-hybridized carbons (Fsp3) is 0.125. The van der Waals surface area contributed by atoms with Crippen LogP contribution >= 0.6 is 11.3 Å². The molecule has 0 N–H and O–H groups in total. The van der Waals surface area contributed by atoms with Gasteiger partial charge in [0.1, 0.15) is 5.76 Å². The minimum absolute atomic E-state index is 0.193. The largest absolute Gasteiger partial charge is 0.454 e. The molecule has 154 valence electrons. The molecule has 5 rings (SSSR count). The summed E-state index contributed by atoms with van der Waals surface area (Å²) in [5, 5.41) is 4.86. The molecule has 31 heavy (non-hydrogen) atoms. The normalized spacial score (nSPS) is 11.1. The van der Waals surface area contributed by atoms with E-state index in [0.717, 1.165) is 16.6 Å². The number of anilines is 1. The molecule has 7 heteroatoms. The molecule has 0 radical (unpaired) electrons. The van der Waals surface area contributed by atoms with Gasteiger partial charge in [-0.15, -0.1) is 0 Å². The third-order valence-corrected chi connectivity index (χ3v) is 6.03. The number of carbonyl (C=O) groups is 1. The van der Waals surface area contributed by atoms with Crippen molar-refractivity contribution in [2.45, 2.75) is 13.0 Å². The van der Waals surface area contributed by atoms with Crippen molar-refractivity contribution in [2.75, 3.05) is 11.4 Å². The van der Waals surface area contributed by atoms with E-state index in [4.69, 9.17) is 9.40 Å². The number of hydrogen-bond acceptors (Lipinski definition) is 5. The molecule has 0 bridgehead atoms. The van der Waals surface area contributed by atoms with Crippen LogP contribution in [0, 0.1) is 0 Å². The number of carbonyl (C=O) groups excluding carboxylic acids is 1. The summed E-state index contributed by atoms with van der Waals surface area (Å²) in [7, 11) is 0. The van der Waals surface area contributed by atoms with Crippen molar-refractivity contribution < 1.29 is 9.21 Å². The van der Waals surface area contributed by atoms with E-state index < -0.39 is 0 Å². The van der Waals surface area contributed by atoms with Gasteiger partial charge in [-0.2, -0.15) is 5.10 Å². The highest BCUT2D eigenvalue weighted by Crippen LogP contribution is 2.30. The molecule has 0 aliphatic heterocycles. The van der Waals surface area contributed by atoms with E-state index in [1.165, 1.54) is 16.9 Å². The topological polar surface area (TPSA) is 64.2 Å². The highest BCUT2D eigenvalue weighted by Gasteiger charge is 2.24. The number of amides is 1. The monoisotopic (exact) mass is 428 g/mol. The molecular formula is C24H20N4O2S. The fourth-order valence-electron chi connectivity index (χ4n) is 3.41. The lowest BCUT2D eigenvalue weighted by molar-refractivity contribution is 0.0958. The summed E-state index contributed by atoms with van der Waals surface area (Å²) >= 11 is 1.51. The van der Waals surface area contributed by atoms with Gasteiger partial charge in [0, 0.05) is 18.9 Å². The Morgan fingerprint density at radius 2 is 1.84 bits per heavy atom. The molecule has 3 aromatic heterocycles. The lowest BCUT2D eigenvalue weighted by Crippen LogP contribution is -2.32. The maximum atomic E-state index is 13.4. The minimum atomic E-state index is -0.193. The van der Waals surface area contributed by atoms with Gasteiger partial charge in [0.25, 0.3) is 5.91 Å². The highest BCUT2D eigenvalue weighted by molar-refractivity contribution is 7.22. The van der Waals surface area contributed by atoms with Crippen molar-refractivity contribution in [3.63, 3.8) is 0 Å². The molecule has 6 nitrogen and oxygen atoms in total. The highest BCUT2D eigenvalue weighted by atomic mass is 32.1. The molecular weight excluding hydrogens is 408 g/mol. The summed E-state index contributed by atoms with van der Waals surface area (Å²) in [6, 6.07) is 23.5. The van der Waals surface area contributed by atoms with Crippen molar-refractivity contribution in [3.8, 4) is 0 Å². The van der Waals surface area contributed by atoms with Crippen molar-refractivity contribution in [3.05, 3.63) is 102 Å². The Morgan fingerprint density at radius 3 is 2.65 bits per heavy atom. The van der Waals surface area contributed by atoms with Crippen LogP contribution in [0.1, 0.15) is 21.9 Å². The minimum Gasteiger partial charge on any atom is -0.454 e. The standard InChI is InChI=1S/C24H20N4O2S/c29-23(21-12-11-19(30-21)17-27-15-6-14-25-27)28(16-13-18-7-2-1-3-8-18)24-26-20-9-4-5-10-22(20)31-24/h1-12,14-15H,13,16-17H2. The zero-order valence-corrected chi connectivity index (χ0v) is 17.5. The molecule has 0 saturated carbocycles. The molecule has 0 atom stereocenters. The van der Waals surface area contributed by atoms with Crippen LogP contribution in [0.3, 0.4) is 0 Å². The Balaban J connectivity index is 1.42. The van der Waals surface area contributed by atoms with Gasteiger partial charge in [0.15, 0.2) is 10.9 Å². The summed E-state index contributed by atoms with van der Waals surface area (Å²) < 4.78 is 8.68. The molecule has 0 fully saturated rings. The van der Waals surface area contributed by atoms with E-state index in [1.54, 1.807) is 21.8 Å². The SMILES string of the molecule is O=C(c1ccc(Cn2cccn2)o1)N(CCc1ccccc1)c1nc2ccccc2s1. The van der Waals surface area contributed by atoms with Crippen molar-refractivity contribution in [2.24, 2.45) is 0 Å². The molecule has 0 aliphatic carbocycles.